The molecule has 0 aliphatic heterocycles. The van der Waals surface area contributed by atoms with Gasteiger partial charge in [-0.1, -0.05) is 0 Å². The van der Waals surface area contributed by atoms with E-state index in [1.165, 1.54) is 5.69 Å². The van der Waals surface area contributed by atoms with E-state index >= 15 is 0 Å². The van der Waals surface area contributed by atoms with Crippen LogP contribution in [0.3, 0.4) is 0 Å². The van der Waals surface area contributed by atoms with Crippen molar-refractivity contribution in [1.29, 1.82) is 0 Å². The zero-order valence-corrected chi connectivity index (χ0v) is 7.48. The van der Waals surface area contributed by atoms with E-state index in [9.17, 15) is 0 Å². The molecule has 0 saturated carbocycles. The summed E-state index contributed by atoms with van der Waals surface area (Å²) in [5.74, 6) is 0. The van der Waals surface area contributed by atoms with Crippen LogP contribution in [0, 0.1) is 6.54 Å². The third-order valence-corrected chi connectivity index (χ3v) is 2.49. The summed E-state index contributed by atoms with van der Waals surface area (Å²) in [5.41, 5.74) is 1.35. The largest absolute Gasteiger partial charge is 0.288 e. The van der Waals surface area contributed by atoms with Gasteiger partial charge in [-0.2, -0.15) is 0 Å². The predicted molar refractivity (Wildman–Crippen MR) is 47.9 cm³/mol. The summed E-state index contributed by atoms with van der Waals surface area (Å²) in [6.45, 7) is 4.25. The summed E-state index contributed by atoms with van der Waals surface area (Å²) < 4.78 is 0.865. The molecule has 1 radical (unpaired) electrons. The molecule has 1 rings (SSSR count). The van der Waals surface area contributed by atoms with Crippen LogP contribution in [0.4, 0.5) is 5.69 Å². The van der Waals surface area contributed by atoms with E-state index in [1.54, 1.807) is 11.3 Å². The number of hydrogen-bond acceptors (Lipinski definition) is 1. The molecule has 0 unspecified atom stereocenters. The van der Waals surface area contributed by atoms with Crippen LogP contribution in [0.15, 0.2) is 16.8 Å². The van der Waals surface area contributed by atoms with E-state index in [-0.39, 0.29) is 0 Å². The Balaban J connectivity index is 2.85. The molecule has 0 amide bonds. The molecular weight excluding hydrogens is 142 g/mol. The third-order valence-electron chi connectivity index (χ3n) is 1.82. The van der Waals surface area contributed by atoms with Crippen LogP contribution < -0.4 is 4.48 Å². The van der Waals surface area contributed by atoms with Crippen LogP contribution in [0.5, 0.6) is 0 Å². The fourth-order valence-corrected chi connectivity index (χ4v) is 1.52. The third kappa shape index (κ3) is 1.39. The van der Waals surface area contributed by atoms with Crippen LogP contribution in [-0.4, -0.2) is 14.1 Å². The van der Waals surface area contributed by atoms with Gasteiger partial charge in [0.2, 0.25) is 0 Å². The highest BCUT2D eigenvalue weighted by atomic mass is 32.1. The van der Waals surface area contributed by atoms with E-state index in [4.69, 9.17) is 0 Å². The van der Waals surface area contributed by atoms with Crippen LogP contribution in [0.2, 0.25) is 0 Å². The maximum atomic E-state index is 2.18. The Morgan fingerprint density at radius 3 is 2.60 bits per heavy atom. The van der Waals surface area contributed by atoms with Crippen molar-refractivity contribution in [3.63, 3.8) is 0 Å². The zero-order chi connectivity index (χ0) is 7.61. The Labute approximate surface area is 66.5 Å². The number of quaternary nitrogens is 1. The average molecular weight is 155 g/mol. The highest BCUT2D eigenvalue weighted by molar-refractivity contribution is 7.08. The predicted octanol–water partition coefficient (Wildman–Crippen LogP) is 2.50. The quantitative estimate of drug-likeness (QED) is 0.576. The first-order valence-electron chi connectivity index (χ1n) is 3.34. The summed E-state index contributed by atoms with van der Waals surface area (Å²) in [6, 6.07) is 2.16. The summed E-state index contributed by atoms with van der Waals surface area (Å²) in [6.07, 6.45) is 0. The number of nitrogens with zero attached hydrogens (tertiary/aromatic N) is 1. The Kier molecular flexibility index (Phi) is 2.11. The molecule has 10 heavy (non-hydrogen) atoms. The topological polar surface area (TPSA) is 0 Å². The maximum absolute atomic E-state index is 2.18. The molecule has 0 aromatic carbocycles. The number of thiophene rings is 1. The first kappa shape index (κ1) is 7.76. The highest BCUT2D eigenvalue weighted by Crippen LogP contribution is 2.22. The van der Waals surface area contributed by atoms with Gasteiger partial charge >= 0.3 is 0 Å². The first-order valence-corrected chi connectivity index (χ1v) is 4.28. The SMILES string of the molecule is C[CH][N+](C)(C)c1ccsc1. The van der Waals surface area contributed by atoms with Gasteiger partial charge in [-0.3, -0.25) is 4.48 Å². The molecule has 0 fully saturated rings. The Bertz CT molecular complexity index is 189. The minimum atomic E-state index is 0.865. The van der Waals surface area contributed by atoms with Crippen molar-refractivity contribution in [3.05, 3.63) is 23.4 Å². The molecule has 1 heterocycles. The van der Waals surface area contributed by atoms with Crippen LogP contribution >= 0.6 is 11.3 Å². The lowest BCUT2D eigenvalue weighted by atomic mass is 10.4. The van der Waals surface area contributed by atoms with Crippen molar-refractivity contribution in [2.24, 2.45) is 0 Å². The zero-order valence-electron chi connectivity index (χ0n) is 6.66. The maximum Gasteiger partial charge on any atom is 0.143 e. The van der Waals surface area contributed by atoms with Crippen molar-refractivity contribution in [2.45, 2.75) is 6.92 Å². The Hall–Kier alpha value is -0.340. The molecule has 0 bridgehead atoms. The van der Waals surface area contributed by atoms with Crippen molar-refractivity contribution in [2.75, 3.05) is 14.1 Å². The van der Waals surface area contributed by atoms with Gasteiger partial charge in [0.1, 0.15) is 12.2 Å². The smallest absolute Gasteiger partial charge is 0.143 e. The highest BCUT2D eigenvalue weighted by Gasteiger charge is 2.16. The van der Waals surface area contributed by atoms with Crippen molar-refractivity contribution in [1.82, 2.24) is 4.48 Å². The van der Waals surface area contributed by atoms with Crippen LogP contribution in [0.1, 0.15) is 6.92 Å². The number of hydrogen-bond donors (Lipinski definition) is 0. The fourth-order valence-electron chi connectivity index (χ4n) is 0.734. The summed E-state index contributed by atoms with van der Waals surface area (Å²) in [5, 5.41) is 4.29. The van der Waals surface area contributed by atoms with E-state index in [2.05, 4.69) is 44.4 Å². The summed E-state index contributed by atoms with van der Waals surface area (Å²) >= 11 is 1.75. The van der Waals surface area contributed by atoms with Gasteiger partial charge in [-0.25, -0.2) is 0 Å². The van der Waals surface area contributed by atoms with Gasteiger partial charge in [0, 0.05) is 6.07 Å². The van der Waals surface area contributed by atoms with Crippen molar-refractivity contribution >= 4 is 17.0 Å². The average Bonchev–Trinajstić information content (AvgIpc) is 2.38. The van der Waals surface area contributed by atoms with Crippen LogP contribution in [-0.2, 0) is 0 Å². The minimum absolute atomic E-state index is 0.865. The van der Waals surface area contributed by atoms with E-state index < -0.39 is 0 Å². The molecular formula is C8H13NS+. The molecule has 1 aromatic heterocycles. The van der Waals surface area contributed by atoms with E-state index in [0.29, 0.717) is 0 Å². The lowest BCUT2D eigenvalue weighted by Gasteiger charge is -2.24. The lowest BCUT2D eigenvalue weighted by molar-refractivity contribution is 0.487. The monoisotopic (exact) mass is 155 g/mol. The second kappa shape index (κ2) is 2.72. The molecule has 0 N–H and O–H groups in total. The molecule has 1 nitrogen and oxygen atoms in total. The summed E-state index contributed by atoms with van der Waals surface area (Å²) in [7, 11) is 4.34. The van der Waals surface area contributed by atoms with Gasteiger partial charge in [0.05, 0.1) is 19.5 Å². The molecule has 2 heteroatoms. The van der Waals surface area contributed by atoms with Crippen molar-refractivity contribution < 1.29 is 0 Å². The molecule has 0 spiro atoms. The second-order valence-corrected chi connectivity index (χ2v) is 3.56. The normalized spacial score (nSPS) is 11.9. The van der Waals surface area contributed by atoms with Crippen molar-refractivity contribution in [3.8, 4) is 0 Å². The fraction of sp³-hybridized carbons (Fsp3) is 0.375. The first-order chi connectivity index (χ1) is 4.67. The van der Waals surface area contributed by atoms with Crippen LogP contribution in [0.25, 0.3) is 0 Å². The van der Waals surface area contributed by atoms with Gasteiger partial charge in [-0.15, -0.1) is 11.3 Å². The molecule has 0 aliphatic carbocycles. The van der Waals surface area contributed by atoms with Gasteiger partial charge < -0.3 is 0 Å². The molecule has 0 atom stereocenters. The lowest BCUT2D eigenvalue weighted by Crippen LogP contribution is -2.35. The Morgan fingerprint density at radius 2 is 2.20 bits per heavy atom. The summed E-state index contributed by atoms with van der Waals surface area (Å²) in [4.78, 5) is 0. The standard InChI is InChI=1S/C8H13NS/c1-4-9(2,3)8-5-6-10-7-8/h4-7H,1-3H3/q+1. The van der Waals surface area contributed by atoms with Gasteiger partial charge in [-0.05, 0) is 12.3 Å². The number of rotatable bonds is 2. The molecule has 1 aromatic rings. The minimum Gasteiger partial charge on any atom is -0.288 e. The second-order valence-electron chi connectivity index (χ2n) is 2.78. The molecule has 0 saturated heterocycles. The van der Waals surface area contributed by atoms with Gasteiger partial charge in [0.25, 0.3) is 0 Å². The van der Waals surface area contributed by atoms with E-state index in [1.807, 2.05) is 0 Å². The molecule has 0 aliphatic rings. The van der Waals surface area contributed by atoms with Gasteiger partial charge in [0.15, 0.2) is 0 Å². The van der Waals surface area contributed by atoms with E-state index in [0.717, 1.165) is 4.48 Å². The Morgan fingerprint density at radius 1 is 1.50 bits per heavy atom. The molecule has 55 valence electrons.